The molecule has 1 aliphatic carbocycles. The Bertz CT molecular complexity index is 919. The number of aryl methyl sites for hydroxylation is 1. The van der Waals surface area contributed by atoms with Crippen LogP contribution in [0.15, 0.2) is 48.5 Å². The Labute approximate surface area is 163 Å². The SMILES string of the molecule is Cc1ccc(N2C[C@@H](C(=O)Nc3ccccc3C(=O)NC3CC3)CC2=O)cc1. The van der Waals surface area contributed by atoms with E-state index in [1.165, 1.54) is 0 Å². The molecule has 0 radical (unpaired) electrons. The number of rotatable bonds is 5. The zero-order valence-corrected chi connectivity index (χ0v) is 15.8. The molecule has 1 aliphatic heterocycles. The molecular formula is C22H23N3O3. The Balaban J connectivity index is 1.45. The van der Waals surface area contributed by atoms with Crippen molar-refractivity contribution >= 4 is 29.1 Å². The highest BCUT2D eigenvalue weighted by molar-refractivity contribution is 6.07. The molecule has 28 heavy (non-hydrogen) atoms. The van der Waals surface area contributed by atoms with Gasteiger partial charge < -0.3 is 15.5 Å². The third-order valence-corrected chi connectivity index (χ3v) is 5.18. The Morgan fingerprint density at radius 1 is 1.04 bits per heavy atom. The van der Waals surface area contributed by atoms with Crippen LogP contribution in [0.5, 0.6) is 0 Å². The van der Waals surface area contributed by atoms with Crippen LogP contribution in [0.1, 0.15) is 35.2 Å². The number of anilines is 2. The number of hydrogen-bond acceptors (Lipinski definition) is 3. The van der Waals surface area contributed by atoms with Crippen molar-refractivity contribution in [1.82, 2.24) is 5.32 Å². The summed E-state index contributed by atoms with van der Waals surface area (Å²) in [6.07, 6.45) is 2.16. The molecule has 0 unspecified atom stereocenters. The van der Waals surface area contributed by atoms with E-state index >= 15 is 0 Å². The number of hydrogen-bond donors (Lipinski definition) is 2. The van der Waals surface area contributed by atoms with Crippen LogP contribution in [0.25, 0.3) is 0 Å². The van der Waals surface area contributed by atoms with Gasteiger partial charge in [-0.1, -0.05) is 29.8 Å². The first kappa shape index (κ1) is 18.2. The lowest BCUT2D eigenvalue weighted by molar-refractivity contribution is -0.122. The van der Waals surface area contributed by atoms with Crippen LogP contribution in [-0.4, -0.2) is 30.3 Å². The van der Waals surface area contributed by atoms with Gasteiger partial charge in [0.2, 0.25) is 11.8 Å². The van der Waals surface area contributed by atoms with Crippen LogP contribution < -0.4 is 15.5 Å². The first-order valence-electron chi connectivity index (χ1n) is 9.59. The van der Waals surface area contributed by atoms with Gasteiger partial charge in [0.05, 0.1) is 17.2 Å². The predicted octanol–water partition coefficient (Wildman–Crippen LogP) is 2.88. The molecule has 1 saturated carbocycles. The van der Waals surface area contributed by atoms with Crippen molar-refractivity contribution in [2.45, 2.75) is 32.2 Å². The number of amides is 3. The molecular weight excluding hydrogens is 354 g/mol. The van der Waals surface area contributed by atoms with E-state index in [4.69, 9.17) is 0 Å². The molecule has 0 bridgehead atoms. The van der Waals surface area contributed by atoms with Crippen molar-refractivity contribution in [1.29, 1.82) is 0 Å². The average molecular weight is 377 g/mol. The van der Waals surface area contributed by atoms with Crippen molar-refractivity contribution in [2.75, 3.05) is 16.8 Å². The zero-order chi connectivity index (χ0) is 19.7. The largest absolute Gasteiger partial charge is 0.349 e. The molecule has 6 nitrogen and oxygen atoms in total. The van der Waals surface area contributed by atoms with Crippen LogP contribution in [0.3, 0.4) is 0 Å². The molecule has 1 atom stereocenters. The van der Waals surface area contributed by atoms with E-state index in [9.17, 15) is 14.4 Å². The highest BCUT2D eigenvalue weighted by Gasteiger charge is 2.35. The maximum Gasteiger partial charge on any atom is 0.253 e. The first-order chi connectivity index (χ1) is 13.5. The predicted molar refractivity (Wildman–Crippen MR) is 107 cm³/mol. The number of nitrogens with one attached hydrogen (secondary N) is 2. The Morgan fingerprint density at radius 2 is 1.75 bits per heavy atom. The maximum atomic E-state index is 12.8. The molecule has 6 heteroatoms. The quantitative estimate of drug-likeness (QED) is 0.841. The smallest absolute Gasteiger partial charge is 0.253 e. The molecule has 0 aromatic heterocycles. The van der Waals surface area contributed by atoms with E-state index in [-0.39, 0.29) is 30.2 Å². The summed E-state index contributed by atoms with van der Waals surface area (Å²) in [5.74, 6) is -0.936. The Hall–Kier alpha value is -3.15. The van der Waals surface area contributed by atoms with Gasteiger partial charge in [-0.15, -0.1) is 0 Å². The summed E-state index contributed by atoms with van der Waals surface area (Å²) < 4.78 is 0. The van der Waals surface area contributed by atoms with Gasteiger partial charge in [0.25, 0.3) is 5.91 Å². The number of nitrogens with zero attached hydrogens (tertiary/aromatic N) is 1. The second-order valence-electron chi connectivity index (χ2n) is 7.52. The molecule has 4 rings (SSSR count). The highest BCUT2D eigenvalue weighted by atomic mass is 16.2. The summed E-state index contributed by atoms with van der Waals surface area (Å²) in [6.45, 7) is 2.33. The van der Waals surface area contributed by atoms with Crippen LogP contribution in [0.4, 0.5) is 11.4 Å². The van der Waals surface area contributed by atoms with Gasteiger partial charge in [-0.2, -0.15) is 0 Å². The highest BCUT2D eigenvalue weighted by Crippen LogP contribution is 2.27. The molecule has 2 aliphatic rings. The Kier molecular flexibility index (Phi) is 4.86. The van der Waals surface area contributed by atoms with Gasteiger partial charge in [0.1, 0.15) is 0 Å². The molecule has 2 aromatic carbocycles. The minimum absolute atomic E-state index is 0.0660. The lowest BCUT2D eigenvalue weighted by Crippen LogP contribution is -2.30. The van der Waals surface area contributed by atoms with Crippen LogP contribution in [0, 0.1) is 12.8 Å². The summed E-state index contributed by atoms with van der Waals surface area (Å²) in [7, 11) is 0. The molecule has 3 amide bonds. The van der Waals surface area contributed by atoms with E-state index < -0.39 is 5.92 Å². The maximum absolute atomic E-state index is 12.8. The van der Waals surface area contributed by atoms with E-state index in [0.29, 0.717) is 17.8 Å². The third-order valence-electron chi connectivity index (χ3n) is 5.18. The fraction of sp³-hybridized carbons (Fsp3) is 0.318. The van der Waals surface area contributed by atoms with E-state index in [1.807, 2.05) is 31.2 Å². The third kappa shape index (κ3) is 3.91. The van der Waals surface area contributed by atoms with E-state index in [2.05, 4.69) is 10.6 Å². The van der Waals surface area contributed by atoms with E-state index in [0.717, 1.165) is 24.1 Å². The summed E-state index contributed by atoms with van der Waals surface area (Å²) in [4.78, 5) is 39.2. The van der Waals surface area contributed by atoms with Gasteiger partial charge in [-0.05, 0) is 44.0 Å². The van der Waals surface area contributed by atoms with Crippen molar-refractivity contribution in [3.63, 3.8) is 0 Å². The fourth-order valence-corrected chi connectivity index (χ4v) is 3.37. The monoisotopic (exact) mass is 377 g/mol. The number of carbonyl (C=O) groups excluding carboxylic acids is 3. The van der Waals surface area contributed by atoms with Crippen LogP contribution in [-0.2, 0) is 9.59 Å². The molecule has 2 N–H and O–H groups in total. The van der Waals surface area contributed by atoms with Gasteiger partial charge in [-0.3, -0.25) is 14.4 Å². The normalized spacial score (nSPS) is 18.8. The fourth-order valence-electron chi connectivity index (χ4n) is 3.37. The summed E-state index contributed by atoms with van der Waals surface area (Å²) in [6, 6.07) is 14.9. The average Bonchev–Trinajstić information content (AvgIpc) is 3.41. The van der Waals surface area contributed by atoms with Crippen molar-refractivity contribution in [3.05, 3.63) is 59.7 Å². The zero-order valence-electron chi connectivity index (χ0n) is 15.8. The van der Waals surface area contributed by atoms with Gasteiger partial charge >= 0.3 is 0 Å². The standard InChI is InChI=1S/C22H23N3O3/c1-14-6-10-17(11-7-14)25-13-15(12-20(25)26)21(27)24-19-5-3-2-4-18(19)22(28)23-16-8-9-16/h2-7,10-11,15-16H,8-9,12-13H2,1H3,(H,23,28)(H,24,27)/t15-/m0/s1. The Morgan fingerprint density at radius 3 is 2.46 bits per heavy atom. The molecule has 144 valence electrons. The number of benzene rings is 2. The number of para-hydroxylation sites is 1. The first-order valence-corrected chi connectivity index (χ1v) is 9.59. The van der Waals surface area contributed by atoms with Crippen molar-refractivity contribution in [3.8, 4) is 0 Å². The van der Waals surface area contributed by atoms with Crippen molar-refractivity contribution < 1.29 is 14.4 Å². The minimum atomic E-state index is -0.451. The summed E-state index contributed by atoms with van der Waals surface area (Å²) >= 11 is 0. The van der Waals surface area contributed by atoms with Crippen LogP contribution >= 0.6 is 0 Å². The molecule has 1 saturated heterocycles. The van der Waals surface area contributed by atoms with Crippen molar-refractivity contribution in [2.24, 2.45) is 5.92 Å². The summed E-state index contributed by atoms with van der Waals surface area (Å²) in [5.41, 5.74) is 2.84. The molecule has 2 aromatic rings. The van der Waals surface area contributed by atoms with Crippen LogP contribution in [0.2, 0.25) is 0 Å². The van der Waals surface area contributed by atoms with Gasteiger partial charge in [0.15, 0.2) is 0 Å². The lowest BCUT2D eigenvalue weighted by Gasteiger charge is -2.17. The second-order valence-corrected chi connectivity index (χ2v) is 7.52. The summed E-state index contributed by atoms with van der Waals surface area (Å²) in [5, 5.41) is 5.79. The second kappa shape index (κ2) is 7.46. The lowest BCUT2D eigenvalue weighted by atomic mass is 10.1. The van der Waals surface area contributed by atoms with Gasteiger partial charge in [-0.25, -0.2) is 0 Å². The molecule has 0 spiro atoms. The molecule has 1 heterocycles. The topological polar surface area (TPSA) is 78.5 Å². The van der Waals surface area contributed by atoms with Gasteiger partial charge in [0, 0.05) is 24.7 Å². The van der Waals surface area contributed by atoms with E-state index in [1.54, 1.807) is 29.2 Å². The number of carbonyl (C=O) groups is 3. The minimum Gasteiger partial charge on any atom is -0.349 e. The molecule has 2 fully saturated rings.